The zero-order chi connectivity index (χ0) is 25.0. The molecule has 0 saturated carbocycles. The van der Waals surface area contributed by atoms with Gasteiger partial charge in [0.05, 0.1) is 0 Å². The summed E-state index contributed by atoms with van der Waals surface area (Å²) in [6.07, 6.45) is 2.15. The van der Waals surface area contributed by atoms with Crippen LogP contribution in [-0.4, -0.2) is 56.9 Å². The fraction of sp³-hybridized carbons (Fsp3) is 0.345. The summed E-state index contributed by atoms with van der Waals surface area (Å²) in [5, 5.41) is 2.89. The molecular weight excluding hydrogens is 456 g/mol. The summed E-state index contributed by atoms with van der Waals surface area (Å²) in [5.74, 6) is 2.68. The third kappa shape index (κ3) is 8.29. The Bertz CT molecular complexity index is 1070. The molecule has 7 heteroatoms. The molecule has 0 radical (unpaired) electrons. The number of hydrogen-bond donors (Lipinski definition) is 1. The van der Waals surface area contributed by atoms with E-state index < -0.39 is 0 Å². The fourth-order valence-electron chi connectivity index (χ4n) is 3.99. The van der Waals surface area contributed by atoms with Crippen LogP contribution in [0.4, 0.5) is 0 Å². The van der Waals surface area contributed by atoms with Crippen molar-refractivity contribution in [2.75, 3.05) is 40.0 Å². The van der Waals surface area contributed by atoms with Crippen LogP contribution in [0, 0.1) is 0 Å². The summed E-state index contributed by atoms with van der Waals surface area (Å²) < 4.78 is 22.8. The number of ether oxygens (including phenoxy) is 4. The van der Waals surface area contributed by atoms with Crippen molar-refractivity contribution < 1.29 is 23.7 Å². The highest BCUT2D eigenvalue weighted by Crippen LogP contribution is 2.23. The van der Waals surface area contributed by atoms with Gasteiger partial charge in [0.15, 0.2) is 6.61 Å². The molecule has 1 saturated heterocycles. The summed E-state index contributed by atoms with van der Waals surface area (Å²) in [6, 6.07) is 25.1. The van der Waals surface area contributed by atoms with Gasteiger partial charge in [-0.1, -0.05) is 30.3 Å². The number of rotatable bonds is 12. The van der Waals surface area contributed by atoms with Gasteiger partial charge in [-0.2, -0.15) is 0 Å². The number of amides is 1. The van der Waals surface area contributed by atoms with E-state index in [2.05, 4.69) is 17.3 Å². The number of hydrogen-bond acceptors (Lipinski definition) is 6. The molecule has 0 bridgehead atoms. The number of carbonyl (C=O) groups excluding carboxylic acids is 1. The van der Waals surface area contributed by atoms with Crippen molar-refractivity contribution in [2.45, 2.75) is 25.4 Å². The minimum Gasteiger partial charge on any atom is -0.492 e. The first kappa shape index (κ1) is 25.5. The summed E-state index contributed by atoms with van der Waals surface area (Å²) in [5.41, 5.74) is 0.973. The van der Waals surface area contributed by atoms with Gasteiger partial charge in [-0.25, -0.2) is 0 Å². The first-order valence-electron chi connectivity index (χ1n) is 12.4. The van der Waals surface area contributed by atoms with Gasteiger partial charge in [0.1, 0.15) is 29.6 Å². The highest BCUT2D eigenvalue weighted by molar-refractivity contribution is 5.77. The second-order valence-electron chi connectivity index (χ2n) is 8.77. The van der Waals surface area contributed by atoms with Crippen LogP contribution in [0.1, 0.15) is 18.4 Å². The summed E-state index contributed by atoms with van der Waals surface area (Å²) in [6.45, 7) is 3.50. The van der Waals surface area contributed by atoms with E-state index in [1.807, 2.05) is 66.7 Å². The molecule has 0 unspecified atom stereocenters. The first-order valence-corrected chi connectivity index (χ1v) is 12.4. The van der Waals surface area contributed by atoms with E-state index in [-0.39, 0.29) is 12.5 Å². The van der Waals surface area contributed by atoms with E-state index in [9.17, 15) is 4.79 Å². The van der Waals surface area contributed by atoms with Crippen molar-refractivity contribution in [2.24, 2.45) is 0 Å². The summed E-state index contributed by atoms with van der Waals surface area (Å²) in [4.78, 5) is 14.6. The van der Waals surface area contributed by atoms with Crippen molar-refractivity contribution >= 4 is 5.91 Å². The normalized spacial score (nSPS) is 13.8. The Labute approximate surface area is 212 Å². The molecule has 4 rings (SSSR count). The van der Waals surface area contributed by atoms with Crippen molar-refractivity contribution in [3.05, 3.63) is 84.4 Å². The standard InChI is InChI=1S/C29H34N2O5/c1-31(24-14-17-33-18-15-24)16-19-34-28-9-5-6-23(20-28)21-30-29(32)22-35-25-10-12-27(13-11-25)36-26-7-3-2-4-8-26/h2-13,20,24H,14-19,21-22H2,1H3,(H,30,32). The molecule has 1 amide bonds. The monoisotopic (exact) mass is 490 g/mol. The highest BCUT2D eigenvalue weighted by Gasteiger charge is 2.18. The molecule has 0 spiro atoms. The van der Waals surface area contributed by atoms with Gasteiger partial charge < -0.3 is 24.3 Å². The number of carbonyl (C=O) groups is 1. The third-order valence-corrected chi connectivity index (χ3v) is 6.09. The topological polar surface area (TPSA) is 69.3 Å². The molecule has 1 N–H and O–H groups in total. The molecule has 7 nitrogen and oxygen atoms in total. The van der Waals surface area contributed by atoms with E-state index in [4.69, 9.17) is 18.9 Å². The first-order chi connectivity index (χ1) is 17.7. The smallest absolute Gasteiger partial charge is 0.258 e. The Morgan fingerprint density at radius 1 is 0.889 bits per heavy atom. The van der Waals surface area contributed by atoms with Gasteiger partial charge in [-0.15, -0.1) is 0 Å². The predicted molar refractivity (Wildman–Crippen MR) is 139 cm³/mol. The molecule has 3 aromatic rings. The molecular formula is C29H34N2O5. The lowest BCUT2D eigenvalue weighted by Gasteiger charge is -2.31. The van der Waals surface area contributed by atoms with Crippen molar-refractivity contribution in [3.63, 3.8) is 0 Å². The van der Waals surface area contributed by atoms with E-state index in [1.54, 1.807) is 12.1 Å². The van der Waals surface area contributed by atoms with Crippen molar-refractivity contribution in [3.8, 4) is 23.0 Å². The molecule has 0 aliphatic carbocycles. The average Bonchev–Trinajstić information content (AvgIpc) is 2.93. The molecule has 1 fully saturated rings. The Morgan fingerprint density at radius 2 is 1.58 bits per heavy atom. The van der Waals surface area contributed by atoms with Crippen LogP contribution in [0.25, 0.3) is 0 Å². The van der Waals surface area contributed by atoms with Crippen LogP contribution in [-0.2, 0) is 16.1 Å². The molecule has 1 heterocycles. The zero-order valence-corrected chi connectivity index (χ0v) is 20.7. The van der Waals surface area contributed by atoms with E-state index in [0.717, 1.165) is 49.7 Å². The van der Waals surface area contributed by atoms with E-state index in [0.29, 0.717) is 30.7 Å². The number of para-hydroxylation sites is 1. The Hall–Kier alpha value is -3.55. The lowest BCUT2D eigenvalue weighted by atomic mass is 10.1. The second-order valence-corrected chi connectivity index (χ2v) is 8.77. The largest absolute Gasteiger partial charge is 0.492 e. The lowest BCUT2D eigenvalue weighted by Crippen LogP contribution is -2.38. The quantitative estimate of drug-likeness (QED) is 0.398. The van der Waals surface area contributed by atoms with Crippen LogP contribution in [0.2, 0.25) is 0 Å². The van der Waals surface area contributed by atoms with Crippen LogP contribution >= 0.6 is 0 Å². The van der Waals surface area contributed by atoms with Crippen molar-refractivity contribution in [1.29, 1.82) is 0 Å². The van der Waals surface area contributed by atoms with Gasteiger partial charge in [0.2, 0.25) is 0 Å². The molecule has 0 aromatic heterocycles. The molecule has 1 aliphatic heterocycles. The Morgan fingerprint density at radius 3 is 2.36 bits per heavy atom. The SMILES string of the molecule is CN(CCOc1cccc(CNC(=O)COc2ccc(Oc3ccccc3)cc2)c1)C1CCOCC1. The maximum atomic E-state index is 12.3. The number of nitrogens with one attached hydrogen (secondary N) is 1. The number of likely N-dealkylation sites (N-methyl/N-ethyl adjacent to an activating group) is 1. The van der Waals surface area contributed by atoms with Gasteiger partial charge in [-0.3, -0.25) is 9.69 Å². The predicted octanol–water partition coefficient (Wildman–Crippen LogP) is 4.66. The Balaban J connectivity index is 1.15. The number of benzene rings is 3. The molecule has 190 valence electrons. The lowest BCUT2D eigenvalue weighted by molar-refractivity contribution is -0.123. The van der Waals surface area contributed by atoms with Crippen LogP contribution < -0.4 is 19.5 Å². The molecule has 0 atom stereocenters. The summed E-state index contributed by atoms with van der Waals surface area (Å²) >= 11 is 0. The van der Waals surface area contributed by atoms with Crippen LogP contribution in [0.3, 0.4) is 0 Å². The minimum absolute atomic E-state index is 0.0619. The maximum absolute atomic E-state index is 12.3. The minimum atomic E-state index is -0.191. The van der Waals surface area contributed by atoms with Crippen molar-refractivity contribution in [1.82, 2.24) is 10.2 Å². The second kappa shape index (κ2) is 13.5. The van der Waals surface area contributed by atoms with Gasteiger partial charge in [0.25, 0.3) is 5.91 Å². The fourth-order valence-corrected chi connectivity index (χ4v) is 3.99. The third-order valence-electron chi connectivity index (χ3n) is 6.09. The van der Waals surface area contributed by atoms with Gasteiger partial charge in [-0.05, 0) is 74.0 Å². The summed E-state index contributed by atoms with van der Waals surface area (Å²) in [7, 11) is 2.14. The highest BCUT2D eigenvalue weighted by atomic mass is 16.5. The number of nitrogens with zero attached hydrogens (tertiary/aromatic N) is 1. The molecule has 36 heavy (non-hydrogen) atoms. The zero-order valence-electron chi connectivity index (χ0n) is 20.7. The van der Waals surface area contributed by atoms with Crippen LogP contribution in [0.5, 0.6) is 23.0 Å². The molecule has 1 aliphatic rings. The average molecular weight is 491 g/mol. The maximum Gasteiger partial charge on any atom is 0.258 e. The van der Waals surface area contributed by atoms with Gasteiger partial charge >= 0.3 is 0 Å². The van der Waals surface area contributed by atoms with Gasteiger partial charge in [0, 0.05) is 32.3 Å². The Kier molecular flexibility index (Phi) is 9.59. The molecule has 3 aromatic carbocycles. The van der Waals surface area contributed by atoms with E-state index in [1.165, 1.54) is 0 Å². The van der Waals surface area contributed by atoms with E-state index >= 15 is 0 Å². The van der Waals surface area contributed by atoms with Crippen LogP contribution in [0.15, 0.2) is 78.9 Å².